The zero-order valence-electron chi connectivity index (χ0n) is 15.7. The van der Waals surface area contributed by atoms with E-state index in [0.717, 1.165) is 38.8 Å². The number of nitrogens with one attached hydrogen (secondary N) is 2. The van der Waals surface area contributed by atoms with Gasteiger partial charge in [0.1, 0.15) is 0 Å². The summed E-state index contributed by atoms with van der Waals surface area (Å²) in [4.78, 5) is 18.9. The monoisotopic (exact) mass is 384 g/mol. The summed E-state index contributed by atoms with van der Waals surface area (Å²) in [5.74, 6) is 1.98. The number of carbonyl (C=O) groups excluding carboxylic acids is 1. The van der Waals surface area contributed by atoms with Gasteiger partial charge in [0, 0.05) is 38.6 Å². The molecule has 0 bridgehead atoms. The number of likely N-dealkylation sites (tertiary alicyclic amines) is 1. The summed E-state index contributed by atoms with van der Waals surface area (Å²) in [6.07, 6.45) is 7.36. The van der Waals surface area contributed by atoms with E-state index in [4.69, 9.17) is 0 Å². The number of hydrogen-bond donors (Lipinski definition) is 2. The molecule has 0 aromatic carbocycles. The van der Waals surface area contributed by atoms with Gasteiger partial charge in [-0.2, -0.15) is 0 Å². The average Bonchev–Trinajstić information content (AvgIpc) is 3.24. The van der Waals surface area contributed by atoms with Crippen molar-refractivity contribution >= 4 is 21.7 Å². The first-order chi connectivity index (χ1) is 12.5. The fourth-order valence-corrected chi connectivity index (χ4v) is 6.21. The summed E-state index contributed by atoms with van der Waals surface area (Å²) in [5, 5.41) is 6.65. The molecule has 7 nitrogen and oxygen atoms in total. The molecule has 26 heavy (non-hydrogen) atoms. The first-order valence-electron chi connectivity index (χ1n) is 9.93. The zero-order chi connectivity index (χ0) is 18.6. The maximum atomic E-state index is 12.7. The highest BCUT2D eigenvalue weighted by Crippen LogP contribution is 2.26. The molecular weight excluding hydrogens is 352 g/mol. The summed E-state index contributed by atoms with van der Waals surface area (Å²) in [5.41, 5.74) is 0. The van der Waals surface area contributed by atoms with E-state index < -0.39 is 9.84 Å². The molecule has 3 aliphatic rings. The van der Waals surface area contributed by atoms with Crippen molar-refractivity contribution in [1.29, 1.82) is 0 Å². The molecule has 2 N–H and O–H groups in total. The van der Waals surface area contributed by atoms with E-state index in [9.17, 15) is 13.2 Å². The van der Waals surface area contributed by atoms with Gasteiger partial charge in [0.05, 0.1) is 11.5 Å². The molecule has 1 saturated carbocycles. The predicted molar refractivity (Wildman–Crippen MR) is 103 cm³/mol. The predicted octanol–water partition coefficient (Wildman–Crippen LogP) is 0.767. The van der Waals surface area contributed by atoms with Crippen LogP contribution in [0, 0.1) is 11.8 Å². The van der Waals surface area contributed by atoms with Crippen LogP contribution in [0.15, 0.2) is 4.99 Å². The Morgan fingerprint density at radius 3 is 2.58 bits per heavy atom. The number of amides is 1. The minimum atomic E-state index is -2.84. The summed E-state index contributed by atoms with van der Waals surface area (Å²) in [6.45, 7) is 2.16. The summed E-state index contributed by atoms with van der Waals surface area (Å²) >= 11 is 0. The van der Waals surface area contributed by atoms with Crippen molar-refractivity contribution < 1.29 is 13.2 Å². The molecule has 2 atom stereocenters. The molecule has 3 fully saturated rings. The minimum Gasteiger partial charge on any atom is -0.356 e. The molecule has 2 heterocycles. The van der Waals surface area contributed by atoms with Crippen LogP contribution >= 0.6 is 0 Å². The van der Waals surface area contributed by atoms with Gasteiger partial charge in [0.15, 0.2) is 15.8 Å². The number of carbonyl (C=O) groups is 1. The highest BCUT2D eigenvalue weighted by molar-refractivity contribution is 7.91. The maximum Gasteiger partial charge on any atom is 0.225 e. The molecule has 0 aromatic rings. The van der Waals surface area contributed by atoms with Crippen LogP contribution < -0.4 is 10.6 Å². The van der Waals surface area contributed by atoms with E-state index in [1.54, 1.807) is 7.05 Å². The Morgan fingerprint density at radius 1 is 1.15 bits per heavy atom. The van der Waals surface area contributed by atoms with Crippen molar-refractivity contribution in [2.45, 2.75) is 51.0 Å². The third kappa shape index (κ3) is 5.11. The Balaban J connectivity index is 1.42. The van der Waals surface area contributed by atoms with Crippen molar-refractivity contribution in [2.75, 3.05) is 38.2 Å². The smallest absolute Gasteiger partial charge is 0.225 e. The van der Waals surface area contributed by atoms with Crippen LogP contribution in [-0.4, -0.2) is 69.4 Å². The van der Waals surface area contributed by atoms with Crippen molar-refractivity contribution in [3.63, 3.8) is 0 Å². The molecule has 1 amide bonds. The number of aliphatic imine (C=N–C) groups is 1. The molecule has 2 aliphatic heterocycles. The molecular formula is C18H32N4O3S. The second kappa shape index (κ2) is 8.59. The highest BCUT2D eigenvalue weighted by Gasteiger charge is 2.32. The SMILES string of the molecule is CN=C(NCC1CCS(=O)(=O)C1)NC1CCN(C(=O)C2CCCCC2)C1. The molecule has 8 heteroatoms. The lowest BCUT2D eigenvalue weighted by molar-refractivity contribution is -0.135. The lowest BCUT2D eigenvalue weighted by Gasteiger charge is -2.26. The van der Waals surface area contributed by atoms with Crippen molar-refractivity contribution in [1.82, 2.24) is 15.5 Å². The van der Waals surface area contributed by atoms with Crippen LogP contribution in [0.3, 0.4) is 0 Å². The number of sulfone groups is 1. The lowest BCUT2D eigenvalue weighted by Crippen LogP contribution is -2.46. The second-order valence-corrected chi connectivity index (χ2v) is 10.2. The van der Waals surface area contributed by atoms with Gasteiger partial charge in [-0.15, -0.1) is 0 Å². The Hall–Kier alpha value is -1.31. The van der Waals surface area contributed by atoms with E-state index in [1.165, 1.54) is 19.3 Å². The van der Waals surface area contributed by atoms with Crippen LogP contribution in [0.4, 0.5) is 0 Å². The average molecular weight is 385 g/mol. The van der Waals surface area contributed by atoms with Crippen LogP contribution in [0.5, 0.6) is 0 Å². The first kappa shape index (κ1) is 19.5. The van der Waals surface area contributed by atoms with E-state index in [1.807, 2.05) is 4.90 Å². The minimum absolute atomic E-state index is 0.159. The quantitative estimate of drug-likeness (QED) is 0.552. The number of guanidine groups is 1. The van der Waals surface area contributed by atoms with E-state index in [0.29, 0.717) is 24.2 Å². The molecule has 0 radical (unpaired) electrons. The summed E-state index contributed by atoms with van der Waals surface area (Å²) < 4.78 is 23.1. The van der Waals surface area contributed by atoms with Gasteiger partial charge >= 0.3 is 0 Å². The molecule has 0 spiro atoms. The van der Waals surface area contributed by atoms with Crippen molar-refractivity contribution in [3.8, 4) is 0 Å². The molecule has 2 unspecified atom stereocenters. The zero-order valence-corrected chi connectivity index (χ0v) is 16.6. The number of hydrogen-bond acceptors (Lipinski definition) is 4. The van der Waals surface area contributed by atoms with Crippen LogP contribution in [-0.2, 0) is 14.6 Å². The summed E-state index contributed by atoms with van der Waals surface area (Å²) in [6, 6.07) is 0.209. The molecule has 3 rings (SSSR count). The lowest BCUT2D eigenvalue weighted by atomic mass is 9.88. The maximum absolute atomic E-state index is 12.7. The molecule has 148 valence electrons. The fourth-order valence-electron chi connectivity index (χ4n) is 4.35. The van der Waals surface area contributed by atoms with Gasteiger partial charge in [-0.05, 0) is 31.6 Å². The van der Waals surface area contributed by atoms with Crippen LogP contribution in [0.2, 0.25) is 0 Å². The summed E-state index contributed by atoms with van der Waals surface area (Å²) in [7, 11) is -1.12. The normalized spacial score (nSPS) is 29.7. The van der Waals surface area contributed by atoms with E-state index in [2.05, 4.69) is 15.6 Å². The number of rotatable bonds is 4. The third-order valence-electron chi connectivity index (χ3n) is 5.90. The van der Waals surface area contributed by atoms with Crippen molar-refractivity contribution in [3.05, 3.63) is 0 Å². The Labute approximate surface area is 156 Å². The topological polar surface area (TPSA) is 90.9 Å². The Kier molecular flexibility index (Phi) is 6.42. The van der Waals surface area contributed by atoms with Gasteiger partial charge in [-0.3, -0.25) is 9.79 Å². The molecule has 2 saturated heterocycles. The van der Waals surface area contributed by atoms with E-state index in [-0.39, 0.29) is 23.6 Å². The van der Waals surface area contributed by atoms with Gasteiger partial charge in [-0.25, -0.2) is 8.42 Å². The Bertz CT molecular complexity index is 628. The molecule has 0 aromatic heterocycles. The number of nitrogens with zero attached hydrogens (tertiary/aromatic N) is 2. The van der Waals surface area contributed by atoms with Crippen LogP contribution in [0.25, 0.3) is 0 Å². The van der Waals surface area contributed by atoms with Gasteiger partial charge in [0.25, 0.3) is 0 Å². The van der Waals surface area contributed by atoms with Gasteiger partial charge in [0.2, 0.25) is 5.91 Å². The largest absolute Gasteiger partial charge is 0.356 e. The molecule has 1 aliphatic carbocycles. The first-order valence-corrected chi connectivity index (χ1v) is 11.8. The third-order valence-corrected chi connectivity index (χ3v) is 7.74. The second-order valence-electron chi connectivity index (χ2n) is 7.97. The highest BCUT2D eigenvalue weighted by atomic mass is 32.2. The van der Waals surface area contributed by atoms with Crippen molar-refractivity contribution in [2.24, 2.45) is 16.8 Å². The standard InChI is InChI=1S/C18H32N4O3S/c1-19-18(20-11-14-8-10-26(24,25)13-14)21-16-7-9-22(12-16)17(23)15-5-3-2-4-6-15/h14-16H,2-13H2,1H3,(H2,19,20,21). The Morgan fingerprint density at radius 2 is 1.92 bits per heavy atom. The fraction of sp³-hybridized carbons (Fsp3) is 0.889. The van der Waals surface area contributed by atoms with Gasteiger partial charge in [-0.1, -0.05) is 19.3 Å². The van der Waals surface area contributed by atoms with Crippen LogP contribution in [0.1, 0.15) is 44.9 Å². The van der Waals surface area contributed by atoms with Gasteiger partial charge < -0.3 is 15.5 Å². The van der Waals surface area contributed by atoms with E-state index >= 15 is 0 Å².